The Morgan fingerprint density at radius 3 is 1.71 bits per heavy atom. The molecule has 40 valence electrons. The van der Waals surface area contributed by atoms with Gasteiger partial charge in [-0.3, -0.25) is 0 Å². The minimum absolute atomic E-state index is 0.991. The van der Waals surface area contributed by atoms with Crippen molar-refractivity contribution in [3.8, 4) is 0 Å². The number of fused-ring (bicyclic) bond motifs is 2. The summed E-state index contributed by atoms with van der Waals surface area (Å²) in [5, 5.41) is 4.95. The summed E-state index contributed by atoms with van der Waals surface area (Å²) in [6.45, 7) is 2.76. The Morgan fingerprint density at radius 1 is 1.00 bits per heavy atom. The lowest BCUT2D eigenvalue weighted by molar-refractivity contribution is -0.789. The van der Waals surface area contributed by atoms with E-state index in [0.717, 1.165) is 12.1 Å². The quantitative estimate of drug-likeness (QED) is 0.331. The van der Waals surface area contributed by atoms with Crippen LogP contribution in [0.4, 0.5) is 0 Å². The largest absolute Gasteiger partial charge is 0.334 e. The molecule has 2 fully saturated rings. The van der Waals surface area contributed by atoms with Crippen molar-refractivity contribution in [2.75, 3.05) is 13.1 Å². The van der Waals surface area contributed by atoms with E-state index in [2.05, 4.69) is 10.6 Å². The van der Waals surface area contributed by atoms with Crippen LogP contribution in [-0.2, 0) is 0 Å². The molecule has 0 spiro atoms. The van der Waals surface area contributed by atoms with Gasteiger partial charge in [-0.2, -0.15) is 0 Å². The first-order valence-corrected chi connectivity index (χ1v) is 3.12. The molecule has 2 aliphatic rings. The van der Waals surface area contributed by atoms with Crippen LogP contribution in [0.25, 0.3) is 0 Å². The van der Waals surface area contributed by atoms with Crippen LogP contribution in [-0.4, -0.2) is 25.2 Å². The Morgan fingerprint density at radius 2 is 1.57 bits per heavy atom. The molecule has 0 radical (unpaired) electrons. The zero-order valence-corrected chi connectivity index (χ0v) is 4.43. The van der Waals surface area contributed by atoms with E-state index in [9.17, 15) is 0 Å². The van der Waals surface area contributed by atoms with Crippen LogP contribution in [0.15, 0.2) is 0 Å². The average molecular weight is 100 g/mol. The van der Waals surface area contributed by atoms with Gasteiger partial charge in [-0.1, -0.05) is 0 Å². The highest BCUT2D eigenvalue weighted by Gasteiger charge is 2.38. The Hall–Kier alpha value is -0.0800. The van der Waals surface area contributed by atoms with Crippen molar-refractivity contribution in [3.05, 3.63) is 0 Å². The van der Waals surface area contributed by atoms with Crippen molar-refractivity contribution in [3.63, 3.8) is 0 Å². The van der Waals surface area contributed by atoms with E-state index < -0.39 is 0 Å². The Kier molecular flexibility index (Phi) is 0.664. The number of nitrogens with two attached hydrogens (primary N) is 2. The zero-order chi connectivity index (χ0) is 4.69. The third-order valence-electron chi connectivity index (χ3n) is 2.15. The first-order valence-electron chi connectivity index (χ1n) is 3.12. The first kappa shape index (κ1) is 3.87. The van der Waals surface area contributed by atoms with Gasteiger partial charge >= 0.3 is 0 Å². The van der Waals surface area contributed by atoms with Gasteiger partial charge in [0.15, 0.2) is 0 Å². The normalized spacial score (nSPS) is 48.0. The number of hydrogen-bond donors (Lipinski definition) is 2. The summed E-state index contributed by atoms with van der Waals surface area (Å²) in [6.07, 6.45) is 1.47. The fourth-order valence-electron chi connectivity index (χ4n) is 1.70. The molecule has 7 heavy (non-hydrogen) atoms. The van der Waals surface area contributed by atoms with Gasteiger partial charge in [0.1, 0.15) is 25.2 Å². The van der Waals surface area contributed by atoms with Crippen LogP contribution in [0.1, 0.15) is 6.42 Å². The van der Waals surface area contributed by atoms with Crippen molar-refractivity contribution >= 4 is 0 Å². The van der Waals surface area contributed by atoms with Gasteiger partial charge in [0.2, 0.25) is 0 Å². The Labute approximate surface area is 43.3 Å². The van der Waals surface area contributed by atoms with Crippen LogP contribution < -0.4 is 10.6 Å². The van der Waals surface area contributed by atoms with Crippen molar-refractivity contribution in [2.24, 2.45) is 0 Å². The molecular weight excluding hydrogens is 88.1 g/mol. The summed E-state index contributed by atoms with van der Waals surface area (Å²) in [5.41, 5.74) is 0. The Balaban J connectivity index is 2.12. The van der Waals surface area contributed by atoms with Crippen LogP contribution >= 0.6 is 0 Å². The second kappa shape index (κ2) is 1.20. The fraction of sp³-hybridized carbons (Fsp3) is 1.00. The molecule has 0 aromatic carbocycles. The van der Waals surface area contributed by atoms with Crippen molar-refractivity contribution in [2.45, 2.75) is 18.5 Å². The highest BCUT2D eigenvalue weighted by molar-refractivity contribution is 4.70. The van der Waals surface area contributed by atoms with E-state index >= 15 is 0 Å². The smallest absolute Gasteiger partial charge is 0.141 e. The second-order valence-corrected chi connectivity index (χ2v) is 2.70. The third-order valence-corrected chi connectivity index (χ3v) is 2.15. The summed E-state index contributed by atoms with van der Waals surface area (Å²) >= 11 is 0. The molecule has 2 heteroatoms. The van der Waals surface area contributed by atoms with Gasteiger partial charge in [0.05, 0.1) is 6.42 Å². The first-order chi connectivity index (χ1) is 3.45. The predicted molar refractivity (Wildman–Crippen MR) is 25.8 cm³/mol. The number of rotatable bonds is 0. The number of quaternary nitrogens is 2. The van der Waals surface area contributed by atoms with E-state index in [4.69, 9.17) is 0 Å². The highest BCUT2D eigenvalue weighted by atomic mass is 15.1. The molecule has 0 aromatic heterocycles. The molecule has 0 saturated carbocycles. The molecule has 2 saturated heterocycles. The maximum Gasteiger partial charge on any atom is 0.141 e. The van der Waals surface area contributed by atoms with Gasteiger partial charge in [0.25, 0.3) is 0 Å². The summed E-state index contributed by atoms with van der Waals surface area (Å²) in [4.78, 5) is 0. The molecule has 0 unspecified atom stereocenters. The van der Waals surface area contributed by atoms with E-state index in [1.807, 2.05) is 0 Å². The second-order valence-electron chi connectivity index (χ2n) is 2.70. The zero-order valence-electron chi connectivity index (χ0n) is 4.43. The van der Waals surface area contributed by atoms with Gasteiger partial charge in [-0.05, 0) is 0 Å². The molecule has 2 bridgehead atoms. The molecular formula is C5H12N2+2. The monoisotopic (exact) mass is 100 g/mol. The van der Waals surface area contributed by atoms with E-state index in [-0.39, 0.29) is 0 Å². The minimum atomic E-state index is 0.991. The SMILES string of the molecule is C1[NH2+][C@H]2C[NH2+][C@@H]1C2. The lowest BCUT2D eigenvalue weighted by Crippen LogP contribution is -3.04. The summed E-state index contributed by atoms with van der Waals surface area (Å²) in [7, 11) is 0. The maximum absolute atomic E-state index is 2.48. The molecule has 2 rings (SSSR count). The minimum Gasteiger partial charge on any atom is -0.334 e. The van der Waals surface area contributed by atoms with Crippen molar-refractivity contribution in [1.29, 1.82) is 0 Å². The standard InChI is InChI=1S/C5H10N2/c1-4-2-6-5(1)3-7-4/h4-7H,1-3H2/p+2/t4-,5-/m1/s1. The summed E-state index contributed by atoms with van der Waals surface area (Å²) in [6, 6.07) is 1.98. The van der Waals surface area contributed by atoms with Gasteiger partial charge < -0.3 is 10.6 Å². The summed E-state index contributed by atoms with van der Waals surface area (Å²) < 4.78 is 0. The lowest BCUT2D eigenvalue weighted by atomic mass is 10.3. The lowest BCUT2D eigenvalue weighted by Gasteiger charge is -2.04. The van der Waals surface area contributed by atoms with Crippen molar-refractivity contribution < 1.29 is 10.6 Å². The fourth-order valence-corrected chi connectivity index (χ4v) is 1.70. The molecule has 2 heterocycles. The topological polar surface area (TPSA) is 33.2 Å². The van der Waals surface area contributed by atoms with Gasteiger partial charge in [0, 0.05) is 0 Å². The molecule has 0 aromatic rings. The van der Waals surface area contributed by atoms with Crippen LogP contribution in [0.2, 0.25) is 0 Å². The Bertz CT molecular complexity index is 64.1. The number of hydrogen-bond acceptors (Lipinski definition) is 0. The van der Waals surface area contributed by atoms with E-state index in [1.165, 1.54) is 19.5 Å². The van der Waals surface area contributed by atoms with Crippen LogP contribution in [0, 0.1) is 0 Å². The third kappa shape index (κ3) is 0.469. The van der Waals surface area contributed by atoms with Crippen molar-refractivity contribution in [1.82, 2.24) is 0 Å². The predicted octanol–water partition coefficient (Wildman–Crippen LogP) is -2.73. The van der Waals surface area contributed by atoms with Crippen LogP contribution in [0.5, 0.6) is 0 Å². The molecule has 0 amide bonds. The maximum atomic E-state index is 2.48. The van der Waals surface area contributed by atoms with Gasteiger partial charge in [-0.15, -0.1) is 0 Å². The van der Waals surface area contributed by atoms with Gasteiger partial charge in [-0.25, -0.2) is 0 Å². The molecule has 0 aliphatic carbocycles. The van der Waals surface area contributed by atoms with Crippen LogP contribution in [0.3, 0.4) is 0 Å². The van der Waals surface area contributed by atoms with E-state index in [1.54, 1.807) is 0 Å². The average Bonchev–Trinajstić information content (AvgIpc) is 2.22. The molecule has 2 aliphatic heterocycles. The van der Waals surface area contributed by atoms with E-state index in [0.29, 0.717) is 0 Å². The molecule has 2 nitrogen and oxygen atoms in total. The number of piperazine rings is 1. The highest BCUT2D eigenvalue weighted by Crippen LogP contribution is 1.97. The summed E-state index contributed by atoms with van der Waals surface area (Å²) in [5.74, 6) is 0. The molecule has 2 atom stereocenters. The molecule has 4 N–H and O–H groups in total.